The van der Waals surface area contributed by atoms with E-state index in [4.69, 9.17) is 5.73 Å². The number of benzene rings is 1. The predicted molar refractivity (Wildman–Crippen MR) is 49.0 cm³/mol. The fraction of sp³-hybridized carbons (Fsp3) is 0.400. The number of nitrogens with two attached hydrogens (primary N) is 1. The molecule has 1 aromatic rings. The molecular formula is C10H12F3N. The van der Waals surface area contributed by atoms with Crippen molar-refractivity contribution in [1.29, 1.82) is 0 Å². The van der Waals surface area contributed by atoms with Gasteiger partial charge >= 0.3 is 6.18 Å². The molecule has 4 heteroatoms. The molecule has 1 nitrogen and oxygen atoms in total. The quantitative estimate of drug-likeness (QED) is 0.785. The van der Waals surface area contributed by atoms with Crippen molar-refractivity contribution in [2.24, 2.45) is 5.73 Å². The van der Waals surface area contributed by atoms with Gasteiger partial charge in [0, 0.05) is 6.54 Å². The van der Waals surface area contributed by atoms with E-state index in [-0.39, 0.29) is 5.56 Å². The second kappa shape index (κ2) is 4.00. The first-order chi connectivity index (χ1) is 6.46. The van der Waals surface area contributed by atoms with E-state index >= 15 is 0 Å². The van der Waals surface area contributed by atoms with Crippen molar-refractivity contribution < 1.29 is 13.2 Å². The zero-order chi connectivity index (χ0) is 10.8. The van der Waals surface area contributed by atoms with Crippen molar-refractivity contribution in [1.82, 2.24) is 0 Å². The van der Waals surface area contributed by atoms with Gasteiger partial charge in [0.2, 0.25) is 0 Å². The largest absolute Gasteiger partial charge is 0.396 e. The minimum atomic E-state index is -4.26. The average molecular weight is 203 g/mol. The number of rotatable bonds is 2. The van der Waals surface area contributed by atoms with Crippen LogP contribution in [-0.2, 0) is 0 Å². The summed E-state index contributed by atoms with van der Waals surface area (Å²) in [6.07, 6.45) is -4.26. The van der Waals surface area contributed by atoms with Gasteiger partial charge in [0.05, 0.1) is 5.92 Å². The lowest BCUT2D eigenvalue weighted by molar-refractivity contribution is -0.148. The maximum absolute atomic E-state index is 12.5. The molecule has 0 aliphatic heterocycles. The number of halogens is 3. The maximum Gasteiger partial charge on any atom is 0.396 e. The molecule has 0 bridgehead atoms. The second-order valence-corrected chi connectivity index (χ2v) is 3.19. The van der Waals surface area contributed by atoms with E-state index in [1.165, 1.54) is 6.07 Å². The minimum absolute atomic E-state index is 0.266. The van der Waals surface area contributed by atoms with Gasteiger partial charge in [-0.15, -0.1) is 0 Å². The van der Waals surface area contributed by atoms with Crippen LogP contribution in [-0.4, -0.2) is 12.7 Å². The Morgan fingerprint density at radius 3 is 2.29 bits per heavy atom. The molecule has 0 saturated heterocycles. The molecule has 78 valence electrons. The molecule has 0 aliphatic carbocycles. The number of alkyl halides is 3. The Hall–Kier alpha value is -1.03. The first-order valence-electron chi connectivity index (χ1n) is 4.29. The van der Waals surface area contributed by atoms with Crippen LogP contribution in [0.5, 0.6) is 0 Å². The van der Waals surface area contributed by atoms with Gasteiger partial charge in [-0.3, -0.25) is 0 Å². The van der Waals surface area contributed by atoms with Gasteiger partial charge in [0.1, 0.15) is 0 Å². The third-order valence-corrected chi connectivity index (χ3v) is 2.19. The molecule has 1 rings (SSSR count). The Balaban J connectivity index is 3.08. The Kier molecular flexibility index (Phi) is 3.16. The standard InChI is InChI=1S/C10H12F3N/c1-7-4-2-3-5-8(7)9(6-14)10(11,12)13/h2-5,9H,6,14H2,1H3. The number of hydrogen-bond donors (Lipinski definition) is 1. The van der Waals surface area contributed by atoms with Crippen LogP contribution in [0.25, 0.3) is 0 Å². The summed E-state index contributed by atoms with van der Waals surface area (Å²) in [5, 5.41) is 0. The molecule has 1 atom stereocenters. The lowest BCUT2D eigenvalue weighted by Crippen LogP contribution is -2.28. The predicted octanol–water partition coefficient (Wildman–Crippen LogP) is 2.60. The van der Waals surface area contributed by atoms with Gasteiger partial charge < -0.3 is 5.73 Å². The molecule has 0 heterocycles. The van der Waals surface area contributed by atoms with Gasteiger partial charge in [-0.2, -0.15) is 13.2 Å². The molecule has 1 unspecified atom stereocenters. The van der Waals surface area contributed by atoms with E-state index in [1.807, 2.05) is 0 Å². The fourth-order valence-electron chi connectivity index (χ4n) is 1.41. The number of aryl methyl sites for hydroxylation is 1. The molecule has 0 amide bonds. The zero-order valence-corrected chi connectivity index (χ0v) is 7.81. The SMILES string of the molecule is Cc1ccccc1C(CN)C(F)(F)F. The van der Waals surface area contributed by atoms with Crippen LogP contribution in [0.3, 0.4) is 0 Å². The molecule has 1 aromatic carbocycles. The van der Waals surface area contributed by atoms with Gasteiger partial charge in [-0.05, 0) is 18.1 Å². The van der Waals surface area contributed by atoms with E-state index in [9.17, 15) is 13.2 Å². The van der Waals surface area contributed by atoms with Crippen LogP contribution < -0.4 is 5.73 Å². The van der Waals surface area contributed by atoms with Crippen molar-refractivity contribution in [2.75, 3.05) is 6.54 Å². The summed E-state index contributed by atoms with van der Waals surface area (Å²) in [5.41, 5.74) is 6.03. The highest BCUT2D eigenvalue weighted by atomic mass is 19.4. The summed E-state index contributed by atoms with van der Waals surface area (Å²) in [5.74, 6) is -1.55. The zero-order valence-electron chi connectivity index (χ0n) is 7.81. The summed E-state index contributed by atoms with van der Waals surface area (Å²) in [6.45, 7) is 1.25. The molecule has 0 radical (unpaired) electrons. The molecule has 0 saturated carbocycles. The molecular weight excluding hydrogens is 191 g/mol. The van der Waals surface area contributed by atoms with Crippen LogP contribution >= 0.6 is 0 Å². The highest BCUT2D eigenvalue weighted by Crippen LogP contribution is 2.35. The molecule has 0 aliphatic rings. The fourth-order valence-corrected chi connectivity index (χ4v) is 1.41. The lowest BCUT2D eigenvalue weighted by Gasteiger charge is -2.20. The summed E-state index contributed by atoms with van der Waals surface area (Å²) in [4.78, 5) is 0. The van der Waals surface area contributed by atoms with Crippen molar-refractivity contribution in [2.45, 2.75) is 19.0 Å². The summed E-state index contributed by atoms with van der Waals surface area (Å²) in [6, 6.07) is 6.43. The van der Waals surface area contributed by atoms with Gasteiger partial charge in [-0.25, -0.2) is 0 Å². The van der Waals surface area contributed by atoms with Crippen molar-refractivity contribution in [3.8, 4) is 0 Å². The van der Waals surface area contributed by atoms with E-state index < -0.39 is 18.6 Å². The molecule has 0 fully saturated rings. The van der Waals surface area contributed by atoms with E-state index in [0.717, 1.165) is 0 Å². The van der Waals surface area contributed by atoms with Crippen LogP contribution in [0, 0.1) is 6.92 Å². The van der Waals surface area contributed by atoms with Crippen molar-refractivity contribution in [3.63, 3.8) is 0 Å². The Morgan fingerprint density at radius 2 is 1.86 bits per heavy atom. The highest BCUT2D eigenvalue weighted by molar-refractivity contribution is 5.30. The summed E-state index contributed by atoms with van der Waals surface area (Å²) < 4.78 is 37.5. The van der Waals surface area contributed by atoms with E-state index in [2.05, 4.69) is 0 Å². The van der Waals surface area contributed by atoms with Gasteiger partial charge in [-0.1, -0.05) is 24.3 Å². The van der Waals surface area contributed by atoms with Gasteiger partial charge in [0.25, 0.3) is 0 Å². The molecule has 0 aromatic heterocycles. The minimum Gasteiger partial charge on any atom is -0.330 e. The topological polar surface area (TPSA) is 26.0 Å². The first-order valence-corrected chi connectivity index (χ1v) is 4.29. The summed E-state index contributed by atoms with van der Waals surface area (Å²) >= 11 is 0. The molecule has 14 heavy (non-hydrogen) atoms. The Bertz CT molecular complexity index is 306. The Morgan fingerprint density at radius 1 is 1.29 bits per heavy atom. The van der Waals surface area contributed by atoms with Crippen LogP contribution in [0.4, 0.5) is 13.2 Å². The Labute approximate surface area is 80.7 Å². The van der Waals surface area contributed by atoms with E-state index in [1.54, 1.807) is 25.1 Å². The highest BCUT2D eigenvalue weighted by Gasteiger charge is 2.40. The molecule has 0 spiro atoms. The van der Waals surface area contributed by atoms with Crippen LogP contribution in [0.2, 0.25) is 0 Å². The maximum atomic E-state index is 12.5. The van der Waals surface area contributed by atoms with Crippen LogP contribution in [0.1, 0.15) is 17.0 Å². The monoisotopic (exact) mass is 203 g/mol. The van der Waals surface area contributed by atoms with Gasteiger partial charge in [0.15, 0.2) is 0 Å². The van der Waals surface area contributed by atoms with E-state index in [0.29, 0.717) is 5.56 Å². The normalized spacial score (nSPS) is 14.1. The third-order valence-electron chi connectivity index (χ3n) is 2.19. The lowest BCUT2D eigenvalue weighted by atomic mass is 9.94. The first kappa shape index (κ1) is 11.0. The van der Waals surface area contributed by atoms with Crippen molar-refractivity contribution >= 4 is 0 Å². The molecule has 2 N–H and O–H groups in total. The number of hydrogen-bond acceptors (Lipinski definition) is 1. The third kappa shape index (κ3) is 2.26. The smallest absolute Gasteiger partial charge is 0.330 e. The van der Waals surface area contributed by atoms with Crippen molar-refractivity contribution in [3.05, 3.63) is 35.4 Å². The summed E-state index contributed by atoms with van der Waals surface area (Å²) in [7, 11) is 0. The second-order valence-electron chi connectivity index (χ2n) is 3.19. The average Bonchev–Trinajstić information content (AvgIpc) is 2.07. The van der Waals surface area contributed by atoms with Crippen LogP contribution in [0.15, 0.2) is 24.3 Å².